The summed E-state index contributed by atoms with van der Waals surface area (Å²) in [4.78, 5) is 8.58. The highest BCUT2D eigenvalue weighted by atomic mass is 16.3. The third kappa shape index (κ3) is 1.78. The van der Waals surface area contributed by atoms with Crippen LogP contribution in [0.5, 0.6) is 0 Å². The highest BCUT2D eigenvalue weighted by molar-refractivity contribution is 5.68. The van der Waals surface area contributed by atoms with Gasteiger partial charge in [0.2, 0.25) is 0 Å². The topological polar surface area (TPSA) is 51.0 Å². The molecule has 0 aromatic carbocycles. The van der Waals surface area contributed by atoms with Gasteiger partial charge in [-0.25, -0.2) is 9.97 Å². The molecule has 0 aliphatic carbocycles. The van der Waals surface area contributed by atoms with Crippen LogP contribution in [0.2, 0.25) is 0 Å². The summed E-state index contributed by atoms with van der Waals surface area (Å²) in [5.74, 6) is 1.23. The quantitative estimate of drug-likeness (QED) is 0.858. The van der Waals surface area contributed by atoms with E-state index in [1.807, 2.05) is 13.1 Å². The molecule has 0 aliphatic heterocycles. The molecule has 0 unspecified atom stereocenters. The summed E-state index contributed by atoms with van der Waals surface area (Å²) in [6.45, 7) is 4.26. The number of anilines is 1. The summed E-state index contributed by atoms with van der Waals surface area (Å²) in [7, 11) is 1.87. The summed E-state index contributed by atoms with van der Waals surface area (Å²) in [6.07, 6.45) is 4.92. The highest BCUT2D eigenvalue weighted by Crippen LogP contribution is 2.31. The predicted molar refractivity (Wildman–Crippen MR) is 63.4 cm³/mol. The van der Waals surface area contributed by atoms with Crippen molar-refractivity contribution in [3.63, 3.8) is 0 Å². The minimum atomic E-state index is 0.355. The van der Waals surface area contributed by atoms with Crippen molar-refractivity contribution in [3.05, 3.63) is 30.5 Å². The maximum absolute atomic E-state index is 5.10. The normalized spacial score (nSPS) is 10.8. The smallest absolute Gasteiger partial charge is 0.133 e. The summed E-state index contributed by atoms with van der Waals surface area (Å²) in [5.41, 5.74) is 3.04. The fourth-order valence-electron chi connectivity index (χ4n) is 1.77. The second kappa shape index (κ2) is 4.35. The molecule has 0 fully saturated rings. The Bertz CT molecular complexity index is 463. The summed E-state index contributed by atoms with van der Waals surface area (Å²) >= 11 is 0. The van der Waals surface area contributed by atoms with Gasteiger partial charge in [0.25, 0.3) is 0 Å². The first-order valence-electron chi connectivity index (χ1n) is 5.29. The van der Waals surface area contributed by atoms with Gasteiger partial charge >= 0.3 is 0 Å². The first kappa shape index (κ1) is 10.7. The van der Waals surface area contributed by atoms with Gasteiger partial charge in [-0.1, -0.05) is 13.8 Å². The van der Waals surface area contributed by atoms with E-state index in [2.05, 4.69) is 29.1 Å². The van der Waals surface area contributed by atoms with E-state index in [0.29, 0.717) is 5.92 Å². The van der Waals surface area contributed by atoms with Crippen LogP contribution in [0.15, 0.2) is 29.3 Å². The van der Waals surface area contributed by atoms with Crippen LogP contribution < -0.4 is 5.32 Å². The van der Waals surface area contributed by atoms with E-state index < -0.39 is 0 Å². The first-order chi connectivity index (χ1) is 7.74. The van der Waals surface area contributed by atoms with E-state index in [1.165, 1.54) is 0 Å². The molecule has 4 nitrogen and oxygen atoms in total. The molecule has 84 valence electrons. The molecule has 16 heavy (non-hydrogen) atoms. The van der Waals surface area contributed by atoms with Gasteiger partial charge in [0.15, 0.2) is 0 Å². The van der Waals surface area contributed by atoms with Gasteiger partial charge in [-0.3, -0.25) is 0 Å². The number of nitrogens with one attached hydrogen (secondary N) is 1. The Hall–Kier alpha value is -1.84. The Morgan fingerprint density at radius 1 is 1.31 bits per heavy atom. The third-order valence-corrected chi connectivity index (χ3v) is 2.49. The standard InChI is InChI=1S/C12H15N3O/c1-8(2)10-11(9-4-5-16-6-9)14-7-15-12(10)13-3/h4-8H,1-3H3,(H,13,14,15). The molecule has 0 bridgehead atoms. The molecule has 2 rings (SSSR count). The number of aromatic nitrogens is 2. The lowest BCUT2D eigenvalue weighted by Crippen LogP contribution is -2.04. The van der Waals surface area contributed by atoms with Crippen molar-refractivity contribution < 1.29 is 4.42 Å². The molecular weight excluding hydrogens is 202 g/mol. The number of hydrogen-bond acceptors (Lipinski definition) is 4. The van der Waals surface area contributed by atoms with E-state index in [9.17, 15) is 0 Å². The molecule has 1 N–H and O–H groups in total. The first-order valence-corrected chi connectivity index (χ1v) is 5.29. The molecule has 0 aliphatic rings. The Labute approximate surface area is 94.7 Å². The lowest BCUT2D eigenvalue weighted by molar-refractivity contribution is 0.568. The van der Waals surface area contributed by atoms with Crippen LogP contribution in [-0.2, 0) is 0 Å². The fourth-order valence-corrected chi connectivity index (χ4v) is 1.77. The average Bonchev–Trinajstić information content (AvgIpc) is 2.81. The zero-order valence-corrected chi connectivity index (χ0v) is 9.69. The van der Waals surface area contributed by atoms with Crippen molar-refractivity contribution in [2.24, 2.45) is 0 Å². The van der Waals surface area contributed by atoms with Crippen molar-refractivity contribution in [2.75, 3.05) is 12.4 Å². The lowest BCUT2D eigenvalue weighted by atomic mass is 9.99. The van der Waals surface area contributed by atoms with Gasteiger partial charge < -0.3 is 9.73 Å². The van der Waals surface area contributed by atoms with Gasteiger partial charge in [0.1, 0.15) is 12.1 Å². The van der Waals surface area contributed by atoms with Gasteiger partial charge in [-0.05, 0) is 12.0 Å². The Balaban J connectivity index is 2.61. The summed E-state index contributed by atoms with van der Waals surface area (Å²) in [6, 6.07) is 1.91. The maximum atomic E-state index is 5.10. The van der Waals surface area contributed by atoms with Gasteiger partial charge in [0.05, 0.1) is 18.2 Å². The molecule has 0 radical (unpaired) electrons. The molecule has 0 saturated heterocycles. The fraction of sp³-hybridized carbons (Fsp3) is 0.333. The highest BCUT2D eigenvalue weighted by Gasteiger charge is 2.15. The average molecular weight is 217 g/mol. The Morgan fingerprint density at radius 2 is 2.12 bits per heavy atom. The molecule has 0 amide bonds. The zero-order valence-electron chi connectivity index (χ0n) is 9.69. The summed E-state index contributed by atoms with van der Waals surface area (Å²) in [5, 5.41) is 3.10. The monoisotopic (exact) mass is 217 g/mol. The maximum Gasteiger partial charge on any atom is 0.133 e. The SMILES string of the molecule is CNc1ncnc(-c2ccoc2)c1C(C)C. The van der Waals surface area contributed by atoms with Gasteiger partial charge in [0, 0.05) is 18.2 Å². The van der Waals surface area contributed by atoms with Crippen LogP contribution >= 0.6 is 0 Å². The number of hydrogen-bond donors (Lipinski definition) is 1. The van der Waals surface area contributed by atoms with Gasteiger partial charge in [-0.15, -0.1) is 0 Å². The van der Waals surface area contributed by atoms with Crippen molar-refractivity contribution in [3.8, 4) is 11.3 Å². The number of rotatable bonds is 3. The van der Waals surface area contributed by atoms with Crippen molar-refractivity contribution in [2.45, 2.75) is 19.8 Å². The molecular formula is C12H15N3O. The second-order valence-electron chi connectivity index (χ2n) is 3.90. The van der Waals surface area contributed by atoms with Crippen LogP contribution in [0, 0.1) is 0 Å². The largest absolute Gasteiger partial charge is 0.472 e. The van der Waals surface area contributed by atoms with Gasteiger partial charge in [-0.2, -0.15) is 0 Å². The molecule has 0 spiro atoms. The van der Waals surface area contributed by atoms with Crippen molar-refractivity contribution >= 4 is 5.82 Å². The molecule has 0 saturated carbocycles. The van der Waals surface area contributed by atoms with Crippen molar-refractivity contribution in [1.29, 1.82) is 0 Å². The van der Waals surface area contributed by atoms with Crippen LogP contribution in [-0.4, -0.2) is 17.0 Å². The number of furan rings is 1. The minimum Gasteiger partial charge on any atom is -0.472 e. The predicted octanol–water partition coefficient (Wildman–Crippen LogP) is 2.90. The van der Waals surface area contributed by atoms with E-state index in [-0.39, 0.29) is 0 Å². The minimum absolute atomic E-state index is 0.355. The van der Waals surface area contributed by atoms with E-state index in [0.717, 1.165) is 22.6 Å². The van der Waals surface area contributed by atoms with Crippen LogP contribution in [0.3, 0.4) is 0 Å². The van der Waals surface area contributed by atoms with E-state index >= 15 is 0 Å². The van der Waals surface area contributed by atoms with E-state index in [1.54, 1.807) is 18.9 Å². The molecule has 2 heterocycles. The van der Waals surface area contributed by atoms with Crippen LogP contribution in [0.25, 0.3) is 11.3 Å². The zero-order chi connectivity index (χ0) is 11.5. The second-order valence-corrected chi connectivity index (χ2v) is 3.90. The Morgan fingerprint density at radius 3 is 2.69 bits per heavy atom. The summed E-state index contributed by atoms with van der Waals surface area (Å²) < 4.78 is 5.10. The Kier molecular flexibility index (Phi) is 2.90. The van der Waals surface area contributed by atoms with Crippen molar-refractivity contribution in [1.82, 2.24) is 9.97 Å². The number of nitrogens with zero attached hydrogens (tertiary/aromatic N) is 2. The molecule has 0 atom stereocenters. The lowest BCUT2D eigenvalue weighted by Gasteiger charge is -2.14. The third-order valence-electron chi connectivity index (χ3n) is 2.49. The molecule has 2 aromatic rings. The van der Waals surface area contributed by atoms with Crippen LogP contribution in [0.4, 0.5) is 5.82 Å². The van der Waals surface area contributed by atoms with Crippen LogP contribution in [0.1, 0.15) is 25.3 Å². The molecule has 2 aromatic heterocycles. The van der Waals surface area contributed by atoms with E-state index in [4.69, 9.17) is 4.42 Å². The molecule has 4 heteroatoms.